The summed E-state index contributed by atoms with van der Waals surface area (Å²) in [5, 5.41) is 0. The van der Waals surface area contributed by atoms with Gasteiger partial charge in [-0.25, -0.2) is 4.98 Å². The molecule has 0 unspecified atom stereocenters. The molecule has 1 heterocycles. The van der Waals surface area contributed by atoms with Gasteiger partial charge in [-0.15, -0.1) is 0 Å². The monoisotopic (exact) mass is 129 g/mol. The summed E-state index contributed by atoms with van der Waals surface area (Å²) in [5.74, 6) is 2.15. The van der Waals surface area contributed by atoms with E-state index in [-0.39, 0.29) is 0 Å². The first-order chi connectivity index (χ1) is 3.83. The van der Waals surface area contributed by atoms with E-state index < -0.39 is 0 Å². The van der Waals surface area contributed by atoms with Crippen molar-refractivity contribution in [3.05, 3.63) is 17.8 Å². The molecule has 2 nitrogen and oxygen atoms in total. The van der Waals surface area contributed by atoms with Crippen molar-refractivity contribution in [3.63, 3.8) is 0 Å². The van der Waals surface area contributed by atoms with Gasteiger partial charge in [0.05, 0.1) is 11.9 Å². The molecule has 0 radical (unpaired) electrons. The highest BCUT2D eigenvalue weighted by Gasteiger charge is 1.93. The number of aryl methyl sites for hydroxylation is 1. The van der Waals surface area contributed by atoms with E-state index in [9.17, 15) is 0 Å². The zero-order valence-electron chi connectivity index (χ0n) is 4.59. The molecule has 0 aliphatic carbocycles. The van der Waals surface area contributed by atoms with E-state index in [1.807, 2.05) is 6.92 Å². The molecule has 0 saturated carbocycles. The molecule has 1 aromatic heterocycles. The van der Waals surface area contributed by atoms with Crippen LogP contribution in [0.2, 0.25) is 0 Å². The van der Waals surface area contributed by atoms with Crippen molar-refractivity contribution in [2.45, 2.75) is 12.7 Å². The van der Waals surface area contributed by atoms with E-state index in [0.717, 1.165) is 5.76 Å². The first-order valence-electron chi connectivity index (χ1n) is 2.35. The van der Waals surface area contributed by atoms with Gasteiger partial charge >= 0.3 is 0 Å². The Hall–Kier alpha value is -0.440. The number of thiol groups is 1. The van der Waals surface area contributed by atoms with Crippen LogP contribution in [0.1, 0.15) is 11.7 Å². The Morgan fingerprint density at radius 3 is 2.88 bits per heavy atom. The number of hydrogen-bond donors (Lipinski definition) is 1. The van der Waals surface area contributed by atoms with Crippen LogP contribution in [-0.2, 0) is 5.75 Å². The van der Waals surface area contributed by atoms with E-state index in [4.69, 9.17) is 4.42 Å². The van der Waals surface area contributed by atoms with Crippen LogP contribution in [0.3, 0.4) is 0 Å². The highest BCUT2D eigenvalue weighted by molar-refractivity contribution is 7.79. The Morgan fingerprint density at radius 2 is 2.62 bits per heavy atom. The predicted octanol–water partition coefficient (Wildman–Crippen LogP) is 1.41. The molecule has 0 saturated heterocycles. The average molecular weight is 129 g/mol. The van der Waals surface area contributed by atoms with Gasteiger partial charge in [-0.3, -0.25) is 0 Å². The normalized spacial score (nSPS) is 9.75. The van der Waals surface area contributed by atoms with E-state index in [1.54, 1.807) is 6.20 Å². The summed E-state index contributed by atoms with van der Waals surface area (Å²) in [7, 11) is 0. The topological polar surface area (TPSA) is 26.0 Å². The largest absolute Gasteiger partial charge is 0.445 e. The SMILES string of the molecule is Cc1ncc(CS)o1. The second kappa shape index (κ2) is 2.22. The van der Waals surface area contributed by atoms with Crippen LogP contribution in [0.15, 0.2) is 10.6 Å². The average Bonchev–Trinajstić information content (AvgIpc) is 2.14. The van der Waals surface area contributed by atoms with Crippen molar-refractivity contribution in [2.75, 3.05) is 0 Å². The van der Waals surface area contributed by atoms with Gasteiger partial charge in [0.1, 0.15) is 5.76 Å². The molecular formula is C5H7NOS. The van der Waals surface area contributed by atoms with Crippen LogP contribution in [0.4, 0.5) is 0 Å². The van der Waals surface area contributed by atoms with Gasteiger partial charge in [0, 0.05) is 6.92 Å². The van der Waals surface area contributed by atoms with E-state index in [1.165, 1.54) is 0 Å². The van der Waals surface area contributed by atoms with E-state index >= 15 is 0 Å². The zero-order chi connectivity index (χ0) is 5.98. The van der Waals surface area contributed by atoms with Crippen LogP contribution in [0, 0.1) is 6.92 Å². The van der Waals surface area contributed by atoms with Gasteiger partial charge < -0.3 is 4.42 Å². The Kier molecular flexibility index (Phi) is 1.58. The summed E-state index contributed by atoms with van der Waals surface area (Å²) in [5.41, 5.74) is 0. The number of rotatable bonds is 1. The minimum absolute atomic E-state index is 0.626. The fourth-order valence-corrected chi connectivity index (χ4v) is 0.625. The fraction of sp³-hybridized carbons (Fsp3) is 0.400. The second-order valence-electron chi connectivity index (χ2n) is 1.50. The predicted molar refractivity (Wildman–Crippen MR) is 33.9 cm³/mol. The molecular weight excluding hydrogens is 122 g/mol. The maximum atomic E-state index is 5.05. The highest BCUT2D eigenvalue weighted by Crippen LogP contribution is 2.03. The number of aromatic nitrogens is 1. The van der Waals surface area contributed by atoms with Gasteiger partial charge in [0.15, 0.2) is 5.89 Å². The third kappa shape index (κ3) is 1.04. The van der Waals surface area contributed by atoms with Crippen LogP contribution < -0.4 is 0 Å². The molecule has 0 atom stereocenters. The van der Waals surface area contributed by atoms with Gasteiger partial charge in [-0.2, -0.15) is 12.6 Å². The van der Waals surface area contributed by atoms with E-state index in [2.05, 4.69) is 17.6 Å². The third-order valence-corrected chi connectivity index (χ3v) is 1.14. The van der Waals surface area contributed by atoms with Crippen molar-refractivity contribution < 1.29 is 4.42 Å². The molecule has 0 aromatic carbocycles. The summed E-state index contributed by atoms with van der Waals surface area (Å²) < 4.78 is 5.05. The lowest BCUT2D eigenvalue weighted by Gasteiger charge is -1.80. The molecule has 0 aliphatic rings. The zero-order valence-corrected chi connectivity index (χ0v) is 5.48. The molecule has 3 heteroatoms. The number of oxazole rings is 1. The minimum atomic E-state index is 0.626. The Bertz CT molecular complexity index is 173. The quantitative estimate of drug-likeness (QED) is 0.580. The smallest absolute Gasteiger partial charge is 0.191 e. The first kappa shape index (κ1) is 5.69. The lowest BCUT2D eigenvalue weighted by Crippen LogP contribution is -1.64. The number of hydrogen-bond acceptors (Lipinski definition) is 3. The van der Waals surface area contributed by atoms with Gasteiger partial charge in [0.2, 0.25) is 0 Å². The van der Waals surface area contributed by atoms with Crippen LogP contribution in [-0.4, -0.2) is 4.98 Å². The molecule has 0 N–H and O–H groups in total. The Balaban J connectivity index is 2.84. The van der Waals surface area contributed by atoms with Gasteiger partial charge in [-0.05, 0) is 0 Å². The summed E-state index contributed by atoms with van der Waals surface area (Å²) >= 11 is 3.99. The van der Waals surface area contributed by atoms with Crippen molar-refractivity contribution in [1.82, 2.24) is 4.98 Å². The molecule has 0 bridgehead atoms. The minimum Gasteiger partial charge on any atom is -0.445 e. The molecule has 1 aromatic rings. The molecule has 8 heavy (non-hydrogen) atoms. The van der Waals surface area contributed by atoms with Crippen LogP contribution >= 0.6 is 12.6 Å². The number of nitrogens with zero attached hydrogens (tertiary/aromatic N) is 1. The molecule has 44 valence electrons. The lowest BCUT2D eigenvalue weighted by atomic mass is 10.6. The summed E-state index contributed by atoms with van der Waals surface area (Å²) in [4.78, 5) is 3.87. The molecule has 0 aliphatic heterocycles. The molecule has 0 amide bonds. The van der Waals surface area contributed by atoms with Crippen molar-refractivity contribution in [2.24, 2.45) is 0 Å². The van der Waals surface area contributed by atoms with Crippen molar-refractivity contribution in [1.29, 1.82) is 0 Å². The summed E-state index contributed by atoms with van der Waals surface area (Å²) in [6.07, 6.45) is 1.68. The second-order valence-corrected chi connectivity index (χ2v) is 1.82. The van der Waals surface area contributed by atoms with Crippen molar-refractivity contribution >= 4 is 12.6 Å². The highest BCUT2D eigenvalue weighted by atomic mass is 32.1. The van der Waals surface area contributed by atoms with E-state index in [0.29, 0.717) is 11.6 Å². The Labute approximate surface area is 53.3 Å². The molecule has 1 rings (SSSR count). The lowest BCUT2D eigenvalue weighted by molar-refractivity contribution is 0.491. The molecule has 0 fully saturated rings. The van der Waals surface area contributed by atoms with Crippen molar-refractivity contribution in [3.8, 4) is 0 Å². The molecule has 0 spiro atoms. The third-order valence-electron chi connectivity index (χ3n) is 0.825. The van der Waals surface area contributed by atoms with Gasteiger partial charge in [0.25, 0.3) is 0 Å². The van der Waals surface area contributed by atoms with Crippen LogP contribution in [0.25, 0.3) is 0 Å². The van der Waals surface area contributed by atoms with Crippen LogP contribution in [0.5, 0.6) is 0 Å². The Morgan fingerprint density at radius 1 is 1.88 bits per heavy atom. The first-order valence-corrected chi connectivity index (χ1v) is 2.98. The fourth-order valence-electron chi connectivity index (χ4n) is 0.478. The standard InChI is InChI=1S/C5H7NOS/c1-4-6-2-5(3-8)7-4/h2,8H,3H2,1H3. The summed E-state index contributed by atoms with van der Waals surface area (Å²) in [6, 6.07) is 0. The summed E-state index contributed by atoms with van der Waals surface area (Å²) in [6.45, 7) is 1.81. The van der Waals surface area contributed by atoms with Gasteiger partial charge in [-0.1, -0.05) is 0 Å². The maximum Gasteiger partial charge on any atom is 0.191 e. The maximum absolute atomic E-state index is 5.05.